The Morgan fingerprint density at radius 3 is 2.47 bits per heavy atom. The third-order valence-electron chi connectivity index (χ3n) is 4.08. The maximum Gasteiger partial charge on any atom is 0.0133 e. The molecule has 0 aliphatic heterocycles. The van der Waals surface area contributed by atoms with Crippen LogP contribution in [0.5, 0.6) is 0 Å². The van der Waals surface area contributed by atoms with Crippen LogP contribution in [0.15, 0.2) is 24.3 Å². The molecule has 1 heteroatoms. The minimum atomic E-state index is 0.681. The van der Waals surface area contributed by atoms with Crippen LogP contribution in [-0.2, 0) is 6.42 Å². The summed E-state index contributed by atoms with van der Waals surface area (Å²) in [5.41, 5.74) is 3.01. The van der Waals surface area contributed by atoms with Crippen molar-refractivity contribution >= 4 is 0 Å². The zero-order valence-electron chi connectivity index (χ0n) is 11.2. The Hall–Kier alpha value is -0.820. The number of hydrogen-bond acceptors (Lipinski definition) is 1. The minimum Gasteiger partial charge on any atom is -0.316 e. The van der Waals surface area contributed by atoms with Crippen LogP contribution in [0.3, 0.4) is 0 Å². The number of benzene rings is 1. The highest BCUT2D eigenvalue weighted by molar-refractivity contribution is 5.27. The molecule has 1 N–H and O–H groups in total. The fourth-order valence-electron chi connectivity index (χ4n) is 3.10. The summed E-state index contributed by atoms with van der Waals surface area (Å²) in [4.78, 5) is 0. The monoisotopic (exact) mass is 231 g/mol. The Balaban J connectivity index is 2.09. The smallest absolute Gasteiger partial charge is 0.0133 e. The Kier molecular flexibility index (Phi) is 4.61. The summed E-state index contributed by atoms with van der Waals surface area (Å²) in [7, 11) is 2.11. The van der Waals surface area contributed by atoms with Gasteiger partial charge >= 0.3 is 0 Å². The third-order valence-corrected chi connectivity index (χ3v) is 4.08. The maximum absolute atomic E-state index is 3.49. The predicted molar refractivity (Wildman–Crippen MR) is 74.5 cm³/mol. The molecule has 1 aliphatic rings. The molecule has 2 atom stereocenters. The summed E-state index contributed by atoms with van der Waals surface area (Å²) < 4.78 is 0. The van der Waals surface area contributed by atoms with Crippen molar-refractivity contribution < 1.29 is 0 Å². The zero-order valence-corrected chi connectivity index (χ0v) is 11.2. The van der Waals surface area contributed by atoms with E-state index in [-0.39, 0.29) is 0 Å². The second-order valence-corrected chi connectivity index (χ2v) is 5.28. The van der Waals surface area contributed by atoms with Gasteiger partial charge in [0, 0.05) is 6.04 Å². The first-order valence-electron chi connectivity index (χ1n) is 7.11. The van der Waals surface area contributed by atoms with Gasteiger partial charge in [-0.25, -0.2) is 0 Å². The van der Waals surface area contributed by atoms with E-state index in [1.54, 1.807) is 0 Å². The summed E-state index contributed by atoms with van der Waals surface area (Å²) in [6.45, 7) is 2.24. The fraction of sp³-hybridized carbons (Fsp3) is 0.625. The molecule has 2 unspecified atom stereocenters. The molecule has 1 nitrogen and oxygen atoms in total. The van der Waals surface area contributed by atoms with Gasteiger partial charge in [0.15, 0.2) is 0 Å². The van der Waals surface area contributed by atoms with Crippen molar-refractivity contribution in [1.29, 1.82) is 0 Å². The van der Waals surface area contributed by atoms with Crippen molar-refractivity contribution in [1.82, 2.24) is 5.32 Å². The first-order chi connectivity index (χ1) is 8.35. The average Bonchev–Trinajstić information content (AvgIpc) is 2.40. The van der Waals surface area contributed by atoms with Crippen molar-refractivity contribution in [2.75, 3.05) is 7.05 Å². The van der Waals surface area contributed by atoms with Gasteiger partial charge in [0.25, 0.3) is 0 Å². The number of rotatable bonds is 4. The maximum atomic E-state index is 3.49. The molecule has 0 radical (unpaired) electrons. The molecule has 0 saturated heterocycles. The molecule has 0 amide bonds. The van der Waals surface area contributed by atoms with E-state index in [1.165, 1.54) is 49.7 Å². The van der Waals surface area contributed by atoms with Crippen LogP contribution < -0.4 is 5.32 Å². The lowest BCUT2D eigenvalue weighted by Crippen LogP contribution is -2.34. The Morgan fingerprint density at radius 1 is 1.12 bits per heavy atom. The molecular weight excluding hydrogens is 206 g/mol. The Morgan fingerprint density at radius 2 is 1.82 bits per heavy atom. The molecule has 0 heterocycles. The van der Waals surface area contributed by atoms with Crippen LogP contribution >= 0.6 is 0 Å². The minimum absolute atomic E-state index is 0.681. The second kappa shape index (κ2) is 6.20. The van der Waals surface area contributed by atoms with E-state index in [1.807, 2.05) is 0 Å². The van der Waals surface area contributed by atoms with Gasteiger partial charge in [-0.2, -0.15) is 0 Å². The van der Waals surface area contributed by atoms with Crippen molar-refractivity contribution in [2.24, 2.45) is 0 Å². The van der Waals surface area contributed by atoms with E-state index in [0.29, 0.717) is 6.04 Å². The van der Waals surface area contributed by atoms with Crippen LogP contribution in [0.4, 0.5) is 0 Å². The van der Waals surface area contributed by atoms with E-state index in [2.05, 4.69) is 43.6 Å². The van der Waals surface area contributed by atoms with Crippen LogP contribution in [0.1, 0.15) is 56.1 Å². The van der Waals surface area contributed by atoms with E-state index < -0.39 is 0 Å². The van der Waals surface area contributed by atoms with E-state index >= 15 is 0 Å². The van der Waals surface area contributed by atoms with E-state index in [0.717, 1.165) is 5.92 Å². The molecule has 0 spiro atoms. The summed E-state index contributed by atoms with van der Waals surface area (Å²) in [5, 5.41) is 3.49. The van der Waals surface area contributed by atoms with E-state index in [9.17, 15) is 0 Å². The van der Waals surface area contributed by atoms with Gasteiger partial charge in [0.05, 0.1) is 0 Å². The lowest BCUT2D eigenvalue weighted by molar-refractivity contribution is 0.344. The van der Waals surface area contributed by atoms with Crippen molar-refractivity contribution in [2.45, 2.75) is 57.4 Å². The van der Waals surface area contributed by atoms with Gasteiger partial charge in [-0.1, -0.05) is 50.5 Å². The molecule has 2 rings (SSSR count). The predicted octanol–water partition coefficient (Wildman–Crippen LogP) is 3.88. The molecule has 0 aromatic heterocycles. The molecular formula is C16H25N. The van der Waals surface area contributed by atoms with Gasteiger partial charge in [-0.3, -0.25) is 0 Å². The molecule has 1 aromatic rings. The first-order valence-corrected chi connectivity index (χ1v) is 7.11. The lowest BCUT2D eigenvalue weighted by Gasteiger charge is -2.31. The normalized spacial score (nSPS) is 24.8. The highest BCUT2D eigenvalue weighted by atomic mass is 14.9. The van der Waals surface area contributed by atoms with E-state index in [4.69, 9.17) is 0 Å². The molecule has 1 fully saturated rings. The van der Waals surface area contributed by atoms with Gasteiger partial charge in [0.2, 0.25) is 0 Å². The van der Waals surface area contributed by atoms with Gasteiger partial charge in [-0.15, -0.1) is 0 Å². The summed E-state index contributed by atoms with van der Waals surface area (Å²) in [6.07, 6.45) is 7.90. The largest absolute Gasteiger partial charge is 0.316 e. The van der Waals surface area contributed by atoms with Crippen LogP contribution in [0, 0.1) is 0 Å². The van der Waals surface area contributed by atoms with Crippen LogP contribution in [0.2, 0.25) is 0 Å². The third kappa shape index (κ3) is 3.10. The van der Waals surface area contributed by atoms with Gasteiger partial charge in [0.1, 0.15) is 0 Å². The van der Waals surface area contributed by atoms with Crippen molar-refractivity contribution in [3.8, 4) is 0 Å². The molecule has 94 valence electrons. The summed E-state index contributed by atoms with van der Waals surface area (Å²) in [5.74, 6) is 0.726. The van der Waals surface area contributed by atoms with Crippen LogP contribution in [-0.4, -0.2) is 13.1 Å². The van der Waals surface area contributed by atoms with Gasteiger partial charge in [-0.05, 0) is 43.4 Å². The molecule has 1 aromatic carbocycles. The number of likely N-dealkylation sites (N-methyl/N-ethyl adjacent to an activating group) is 1. The zero-order chi connectivity index (χ0) is 12.1. The number of aryl methyl sites for hydroxylation is 1. The molecule has 0 bridgehead atoms. The lowest BCUT2D eigenvalue weighted by atomic mass is 9.80. The SMILES string of the molecule is CCCc1ccc(C2CCCCC2NC)cc1. The number of hydrogen-bond donors (Lipinski definition) is 1. The van der Waals surface area contributed by atoms with Crippen molar-refractivity contribution in [3.05, 3.63) is 35.4 Å². The highest BCUT2D eigenvalue weighted by Crippen LogP contribution is 2.33. The molecule has 1 saturated carbocycles. The van der Waals surface area contributed by atoms with Crippen LogP contribution in [0.25, 0.3) is 0 Å². The quantitative estimate of drug-likeness (QED) is 0.829. The fourth-order valence-corrected chi connectivity index (χ4v) is 3.10. The summed E-state index contributed by atoms with van der Waals surface area (Å²) in [6, 6.07) is 10.0. The second-order valence-electron chi connectivity index (χ2n) is 5.28. The molecule has 17 heavy (non-hydrogen) atoms. The number of nitrogens with one attached hydrogen (secondary N) is 1. The Bertz CT molecular complexity index is 328. The highest BCUT2D eigenvalue weighted by Gasteiger charge is 2.24. The van der Waals surface area contributed by atoms with Gasteiger partial charge < -0.3 is 5.32 Å². The average molecular weight is 231 g/mol. The standard InChI is InChI=1S/C16H25N/c1-3-6-13-9-11-14(12-10-13)15-7-4-5-8-16(15)17-2/h9-12,15-17H,3-8H2,1-2H3. The Labute approximate surface area is 106 Å². The summed E-state index contributed by atoms with van der Waals surface area (Å²) >= 11 is 0. The topological polar surface area (TPSA) is 12.0 Å². The molecule has 1 aliphatic carbocycles. The van der Waals surface area contributed by atoms with Crippen molar-refractivity contribution in [3.63, 3.8) is 0 Å². The first kappa shape index (κ1) is 12.6.